The van der Waals surface area contributed by atoms with Gasteiger partial charge in [0.05, 0.1) is 54.7 Å². The monoisotopic (exact) mass is 765 g/mol. The van der Waals surface area contributed by atoms with Crippen molar-refractivity contribution in [1.82, 2.24) is 9.96 Å². The van der Waals surface area contributed by atoms with E-state index in [1.165, 1.54) is 21.1 Å². The maximum atomic E-state index is 14.2. The van der Waals surface area contributed by atoms with Gasteiger partial charge in [-0.1, -0.05) is 20.8 Å². The number of aliphatic hydroxyl groups excluding tert-OH is 3. The molecule has 0 aromatic heterocycles. The SMILES string of the molecule is CC[C@H]1OC(=O)[C@H](C)[C@@H](O[C@H]2C[C@](C)(OC)[C@@H](O)C(C)O2)[C@H](C)[C@@H](O[C@@H]2OC(C)C[C@H](N(C)OC)C2O)[C@](C)(O)C[C@@H](C)CN(C)[C@H](C)[C@@H](O)[C@]1(C)O. The van der Waals surface area contributed by atoms with Crippen LogP contribution in [0.5, 0.6) is 0 Å². The summed E-state index contributed by atoms with van der Waals surface area (Å²) in [6.07, 6.45) is -8.76. The van der Waals surface area contributed by atoms with E-state index in [0.717, 1.165) is 0 Å². The van der Waals surface area contributed by atoms with E-state index in [2.05, 4.69) is 0 Å². The number of hydrogen-bond donors (Lipinski definition) is 5. The minimum absolute atomic E-state index is 0.120. The first-order chi connectivity index (χ1) is 24.4. The van der Waals surface area contributed by atoms with E-state index < -0.39 is 102 Å². The highest BCUT2D eigenvalue weighted by molar-refractivity contribution is 5.73. The molecule has 15 nitrogen and oxygen atoms in total. The van der Waals surface area contributed by atoms with Crippen LogP contribution in [0.15, 0.2) is 0 Å². The Balaban J connectivity index is 2.18. The molecule has 3 unspecified atom stereocenters. The molecule has 0 bridgehead atoms. The lowest BCUT2D eigenvalue weighted by atomic mass is 9.77. The second-order valence-electron chi connectivity index (χ2n) is 16.9. The molecule has 312 valence electrons. The van der Waals surface area contributed by atoms with E-state index in [4.69, 9.17) is 33.3 Å². The van der Waals surface area contributed by atoms with Gasteiger partial charge in [-0.05, 0) is 80.7 Å². The van der Waals surface area contributed by atoms with Gasteiger partial charge in [-0.25, -0.2) is 0 Å². The van der Waals surface area contributed by atoms with Crippen molar-refractivity contribution in [2.45, 2.75) is 185 Å². The molecule has 0 spiro atoms. The van der Waals surface area contributed by atoms with Crippen LogP contribution in [-0.4, -0.2) is 167 Å². The van der Waals surface area contributed by atoms with Crippen LogP contribution in [0.1, 0.15) is 94.9 Å². The molecular weight excluding hydrogens is 692 g/mol. The summed E-state index contributed by atoms with van der Waals surface area (Å²) in [7, 11) is 6.57. The van der Waals surface area contributed by atoms with Crippen LogP contribution in [-0.2, 0) is 38.1 Å². The van der Waals surface area contributed by atoms with Gasteiger partial charge in [-0.3, -0.25) is 4.79 Å². The highest BCUT2D eigenvalue weighted by Crippen LogP contribution is 2.40. The fraction of sp³-hybridized carbons (Fsp3) is 0.974. The maximum absolute atomic E-state index is 14.2. The zero-order valence-electron chi connectivity index (χ0n) is 34.6. The molecule has 0 radical (unpaired) electrons. The normalized spacial score (nSPS) is 48.9. The van der Waals surface area contributed by atoms with Crippen LogP contribution < -0.4 is 0 Å². The number of aliphatic hydroxyl groups is 5. The topological polar surface area (TPSA) is 189 Å². The van der Waals surface area contributed by atoms with Crippen LogP contribution in [0.3, 0.4) is 0 Å². The second kappa shape index (κ2) is 18.5. The first kappa shape index (κ1) is 46.3. The number of carbonyl (C=O) groups is 1. The van der Waals surface area contributed by atoms with Gasteiger partial charge in [0.25, 0.3) is 0 Å². The molecule has 3 aliphatic heterocycles. The van der Waals surface area contributed by atoms with E-state index in [-0.39, 0.29) is 31.3 Å². The van der Waals surface area contributed by atoms with Crippen LogP contribution in [0.25, 0.3) is 0 Å². The molecule has 53 heavy (non-hydrogen) atoms. The summed E-state index contributed by atoms with van der Waals surface area (Å²) in [6, 6.07) is -1.03. The van der Waals surface area contributed by atoms with Crippen LogP contribution in [0.4, 0.5) is 0 Å². The summed E-state index contributed by atoms with van der Waals surface area (Å²) < 4.78 is 37.5. The summed E-state index contributed by atoms with van der Waals surface area (Å²) in [5.74, 6) is -2.67. The Bertz CT molecular complexity index is 1160. The molecule has 3 heterocycles. The Kier molecular flexibility index (Phi) is 16.2. The number of likely N-dealkylation sites (N-methyl/N-ethyl adjacent to an activating group) is 2. The molecule has 15 heteroatoms. The number of cyclic esters (lactones) is 1. The molecule has 18 atom stereocenters. The molecule has 0 saturated carbocycles. The molecule has 0 aliphatic carbocycles. The largest absolute Gasteiger partial charge is 0.459 e. The fourth-order valence-corrected chi connectivity index (χ4v) is 8.72. The quantitative estimate of drug-likeness (QED) is 0.178. The predicted octanol–water partition coefficient (Wildman–Crippen LogP) is 1.83. The van der Waals surface area contributed by atoms with Crippen molar-refractivity contribution in [2.75, 3.05) is 34.9 Å². The molecule has 3 rings (SSSR count). The van der Waals surface area contributed by atoms with Gasteiger partial charge in [0.1, 0.15) is 30.0 Å². The van der Waals surface area contributed by atoms with Gasteiger partial charge in [-0.15, -0.1) is 0 Å². The van der Waals surface area contributed by atoms with Gasteiger partial charge < -0.3 is 63.7 Å². The average Bonchev–Trinajstić information content (AvgIpc) is 3.09. The smallest absolute Gasteiger partial charge is 0.311 e. The highest BCUT2D eigenvalue weighted by Gasteiger charge is 2.52. The fourth-order valence-electron chi connectivity index (χ4n) is 8.72. The summed E-state index contributed by atoms with van der Waals surface area (Å²) in [6.45, 7) is 17.9. The molecular formula is C38H72N2O13. The molecule has 3 aliphatic rings. The van der Waals surface area contributed by atoms with Crippen molar-refractivity contribution in [3.05, 3.63) is 0 Å². The second-order valence-corrected chi connectivity index (χ2v) is 16.9. The van der Waals surface area contributed by atoms with E-state index >= 15 is 0 Å². The van der Waals surface area contributed by atoms with E-state index in [9.17, 15) is 30.3 Å². The first-order valence-electron chi connectivity index (χ1n) is 19.3. The molecule has 3 fully saturated rings. The molecule has 0 amide bonds. The van der Waals surface area contributed by atoms with Crippen LogP contribution in [0.2, 0.25) is 0 Å². The van der Waals surface area contributed by atoms with E-state index in [1.807, 2.05) is 25.8 Å². The van der Waals surface area contributed by atoms with Gasteiger partial charge in [0.15, 0.2) is 12.6 Å². The Morgan fingerprint density at radius 2 is 1.57 bits per heavy atom. The van der Waals surface area contributed by atoms with Gasteiger partial charge in [0, 0.05) is 39.1 Å². The van der Waals surface area contributed by atoms with Gasteiger partial charge >= 0.3 is 5.97 Å². The molecule has 0 aromatic rings. The number of esters is 1. The lowest BCUT2D eigenvalue weighted by Gasteiger charge is -2.48. The van der Waals surface area contributed by atoms with Crippen molar-refractivity contribution in [1.29, 1.82) is 0 Å². The minimum Gasteiger partial charge on any atom is -0.459 e. The number of hydroxylamine groups is 2. The predicted molar refractivity (Wildman–Crippen MR) is 195 cm³/mol. The average molecular weight is 765 g/mol. The molecule has 3 saturated heterocycles. The number of carbonyl (C=O) groups excluding carboxylic acids is 1. The number of nitrogens with zero attached hydrogens (tertiary/aromatic N) is 2. The Morgan fingerprint density at radius 3 is 2.13 bits per heavy atom. The van der Waals surface area contributed by atoms with Crippen molar-refractivity contribution in [3.8, 4) is 0 Å². The van der Waals surface area contributed by atoms with E-state index in [1.54, 1.807) is 60.6 Å². The zero-order chi connectivity index (χ0) is 40.4. The number of ether oxygens (including phenoxy) is 6. The minimum atomic E-state index is -1.81. The summed E-state index contributed by atoms with van der Waals surface area (Å²) >= 11 is 0. The maximum Gasteiger partial charge on any atom is 0.311 e. The Morgan fingerprint density at radius 1 is 0.943 bits per heavy atom. The standard InChI is InChI=1S/C38H72N2O13/c1-15-27-38(10,46)31(42)24(6)39(11)19-20(2)17-36(8,45)33(53-35-29(41)26(40(12)48-14)16-21(3)49-35)22(4)30(23(5)34(44)51-27)52-28-18-37(9,47-13)32(43)25(7)50-28/h20-33,35,41-43,45-46H,15-19H2,1-14H3/t20-,21?,22+,23-,24-,25?,26+,27-,28+,29?,30+,31-,32+,33-,35+,36-,37+,38-/m1/s1. The molecule has 5 N–H and O–H groups in total. The van der Waals surface area contributed by atoms with E-state index in [0.29, 0.717) is 13.0 Å². The Labute approximate surface area is 317 Å². The highest BCUT2D eigenvalue weighted by atomic mass is 16.7. The van der Waals surface area contributed by atoms with Crippen molar-refractivity contribution >= 4 is 5.97 Å². The van der Waals surface area contributed by atoms with Crippen molar-refractivity contribution in [3.63, 3.8) is 0 Å². The zero-order valence-corrected chi connectivity index (χ0v) is 34.6. The third-order valence-corrected chi connectivity index (χ3v) is 12.3. The third kappa shape index (κ3) is 10.5. The van der Waals surface area contributed by atoms with Crippen LogP contribution in [0, 0.1) is 17.8 Å². The van der Waals surface area contributed by atoms with Gasteiger partial charge in [-0.2, -0.15) is 5.06 Å². The van der Waals surface area contributed by atoms with Crippen LogP contribution >= 0.6 is 0 Å². The third-order valence-electron chi connectivity index (χ3n) is 12.3. The van der Waals surface area contributed by atoms with Crippen molar-refractivity contribution < 1.29 is 63.6 Å². The number of rotatable bonds is 8. The molecule has 0 aromatic carbocycles. The lowest BCUT2D eigenvalue weighted by molar-refractivity contribution is -0.326. The summed E-state index contributed by atoms with van der Waals surface area (Å²) in [4.78, 5) is 21.6. The van der Waals surface area contributed by atoms with Gasteiger partial charge in [0.2, 0.25) is 0 Å². The number of hydrogen-bond acceptors (Lipinski definition) is 15. The number of methoxy groups -OCH3 is 1. The first-order valence-corrected chi connectivity index (χ1v) is 19.3. The summed E-state index contributed by atoms with van der Waals surface area (Å²) in [5, 5.41) is 59.8. The summed E-state index contributed by atoms with van der Waals surface area (Å²) in [5.41, 5.74) is -4.43. The lowest BCUT2D eigenvalue weighted by Crippen LogP contribution is -2.60. The van der Waals surface area contributed by atoms with Crippen molar-refractivity contribution in [2.24, 2.45) is 17.8 Å². The Hall–Kier alpha value is -1.05.